The Balaban J connectivity index is 2.93. The first-order chi connectivity index (χ1) is 4.88. The molecule has 0 aromatic carbocycles. The lowest BCUT2D eigenvalue weighted by Crippen LogP contribution is -1.79. The first-order valence-corrected chi connectivity index (χ1v) is 3.53. The molecule has 3 nitrogen and oxygen atoms in total. The van der Waals surface area contributed by atoms with E-state index in [9.17, 15) is 0 Å². The van der Waals surface area contributed by atoms with Gasteiger partial charge in [-0.2, -0.15) is 8.81 Å². The van der Waals surface area contributed by atoms with Crippen molar-refractivity contribution >= 4 is 27.1 Å². The summed E-state index contributed by atoms with van der Waals surface area (Å²) in [6.45, 7) is 0. The highest BCUT2D eigenvalue weighted by molar-refractivity contribution is 9.08. The summed E-state index contributed by atoms with van der Waals surface area (Å²) in [5.74, 6) is 0. The molecule has 0 aliphatic heterocycles. The lowest BCUT2D eigenvalue weighted by Gasteiger charge is -1.86. The maximum atomic E-state index is 3.99. The van der Waals surface area contributed by atoms with E-state index in [0.29, 0.717) is 0 Å². The van der Waals surface area contributed by atoms with Gasteiger partial charge in [0.15, 0.2) is 0 Å². The van der Waals surface area contributed by atoms with E-state index in [0.717, 1.165) is 10.9 Å². The summed E-state index contributed by atoms with van der Waals surface area (Å²) in [7, 11) is 0. The molecule has 2 heterocycles. The molecule has 0 bridgehead atoms. The van der Waals surface area contributed by atoms with E-state index >= 15 is 0 Å². The van der Waals surface area contributed by atoms with Crippen molar-refractivity contribution in [1.82, 2.24) is 13.8 Å². The number of nitrogens with zero attached hydrogens (tertiary/aromatic N) is 3. The summed E-state index contributed by atoms with van der Waals surface area (Å²) in [5.41, 5.74) is 0.988. The smallest absolute Gasteiger partial charge is 0.0996 e. The predicted molar refractivity (Wildman–Crippen MR) is 41.9 cm³/mol. The summed E-state index contributed by atoms with van der Waals surface area (Å²) < 4.78 is 1.62. The predicted octanol–water partition coefficient (Wildman–Crippen LogP) is 1.59. The minimum atomic E-state index is 0.988. The molecule has 0 spiro atoms. The molecule has 0 fully saturated rings. The van der Waals surface area contributed by atoms with Gasteiger partial charge < -0.3 is 0 Å². The zero-order valence-electron chi connectivity index (χ0n) is 5.03. The van der Waals surface area contributed by atoms with Crippen LogP contribution in [0.4, 0.5) is 0 Å². The lowest BCUT2D eigenvalue weighted by atomic mass is 10.3. The van der Waals surface area contributed by atoms with Gasteiger partial charge in [0.05, 0.1) is 34.1 Å². The largest absolute Gasteiger partial charge is 0.262 e. The Hall–Kier alpha value is -0.900. The molecule has 0 amide bonds. The van der Waals surface area contributed by atoms with Crippen molar-refractivity contribution in [2.75, 3.05) is 0 Å². The molecule has 0 saturated carbocycles. The van der Waals surface area contributed by atoms with E-state index in [1.807, 2.05) is 6.07 Å². The van der Waals surface area contributed by atoms with E-state index in [1.54, 1.807) is 22.3 Å². The van der Waals surface area contributed by atoms with Crippen LogP contribution in [0.2, 0.25) is 0 Å². The number of hydrogen-bond donors (Lipinski definition) is 0. The fraction of sp³-hybridized carbons (Fsp3) is 0. The Kier molecular flexibility index (Phi) is 1.20. The highest BCUT2D eigenvalue weighted by Gasteiger charge is 1.96. The van der Waals surface area contributed by atoms with Crippen LogP contribution in [0.15, 0.2) is 24.7 Å². The van der Waals surface area contributed by atoms with Gasteiger partial charge in [0, 0.05) is 11.6 Å². The average Bonchev–Trinajstić information content (AvgIpc) is 2.34. The fourth-order valence-corrected chi connectivity index (χ4v) is 1.22. The van der Waals surface area contributed by atoms with Crippen LogP contribution in [0, 0.1) is 0 Å². The van der Waals surface area contributed by atoms with Gasteiger partial charge in [-0.1, -0.05) is 0 Å². The molecule has 10 heavy (non-hydrogen) atoms. The summed E-state index contributed by atoms with van der Waals surface area (Å²) in [6, 6.07) is 1.92. The van der Waals surface area contributed by atoms with Crippen molar-refractivity contribution in [2.24, 2.45) is 0 Å². The summed E-state index contributed by atoms with van der Waals surface area (Å²) >= 11 is 3.23. The van der Waals surface area contributed by atoms with Crippen LogP contribution in [0.3, 0.4) is 0 Å². The zero-order chi connectivity index (χ0) is 6.97. The topological polar surface area (TPSA) is 30.7 Å². The molecule has 0 unspecified atom stereocenters. The van der Waals surface area contributed by atoms with Crippen LogP contribution >= 0.6 is 16.1 Å². The van der Waals surface area contributed by atoms with Gasteiger partial charge in [-0.25, -0.2) is 0 Å². The first-order valence-electron chi connectivity index (χ1n) is 2.82. The highest BCUT2D eigenvalue weighted by atomic mass is 79.9. The van der Waals surface area contributed by atoms with Crippen molar-refractivity contribution in [1.29, 1.82) is 0 Å². The molecule has 0 N–H and O–H groups in total. The van der Waals surface area contributed by atoms with Gasteiger partial charge in [-0.15, -0.1) is 0 Å². The number of fused-ring (bicyclic) bond motifs is 1. The minimum absolute atomic E-state index is 0.988. The SMILES string of the molecule is Brn1ncc2ccncc21. The number of aromatic nitrogens is 3. The Morgan fingerprint density at radius 3 is 3.10 bits per heavy atom. The molecule has 2 aromatic heterocycles. The second kappa shape index (κ2) is 2.05. The first kappa shape index (κ1) is 5.85. The van der Waals surface area contributed by atoms with Gasteiger partial charge in [0.1, 0.15) is 0 Å². The van der Waals surface area contributed by atoms with Crippen molar-refractivity contribution in [3.05, 3.63) is 24.7 Å². The third-order valence-electron chi connectivity index (χ3n) is 1.33. The molecule has 0 atom stereocenters. The average molecular weight is 198 g/mol. The van der Waals surface area contributed by atoms with Gasteiger partial charge in [-0.05, 0) is 6.07 Å². The van der Waals surface area contributed by atoms with Crippen molar-refractivity contribution in [3.8, 4) is 0 Å². The van der Waals surface area contributed by atoms with Crippen molar-refractivity contribution in [2.45, 2.75) is 0 Å². The molecule has 4 heteroatoms. The molecular formula is C6H4BrN3. The van der Waals surface area contributed by atoms with Crippen LogP contribution in [0.5, 0.6) is 0 Å². The second-order valence-electron chi connectivity index (χ2n) is 1.94. The van der Waals surface area contributed by atoms with E-state index in [4.69, 9.17) is 0 Å². The Labute approximate surface area is 66.0 Å². The molecule has 0 saturated heterocycles. The Morgan fingerprint density at radius 1 is 1.40 bits per heavy atom. The van der Waals surface area contributed by atoms with Crippen LogP contribution in [0.1, 0.15) is 0 Å². The monoisotopic (exact) mass is 197 g/mol. The van der Waals surface area contributed by atoms with Gasteiger partial charge in [-0.3, -0.25) is 4.98 Å². The molecule has 0 radical (unpaired) electrons. The van der Waals surface area contributed by atoms with Gasteiger partial charge >= 0.3 is 0 Å². The van der Waals surface area contributed by atoms with E-state index in [1.165, 1.54) is 0 Å². The van der Waals surface area contributed by atoms with Crippen molar-refractivity contribution < 1.29 is 0 Å². The third kappa shape index (κ3) is 0.724. The minimum Gasteiger partial charge on any atom is -0.262 e. The van der Waals surface area contributed by atoms with Gasteiger partial charge in [0.2, 0.25) is 0 Å². The van der Waals surface area contributed by atoms with Crippen LogP contribution in [-0.4, -0.2) is 13.8 Å². The number of halogens is 1. The summed E-state index contributed by atoms with van der Waals surface area (Å²) in [4.78, 5) is 3.96. The molecule has 2 rings (SSSR count). The standard InChI is InChI=1S/C6H4BrN3/c7-10-6-4-8-2-1-5(6)3-9-10/h1-4H. The molecule has 2 aromatic rings. The van der Waals surface area contributed by atoms with Gasteiger partial charge in [0.25, 0.3) is 0 Å². The van der Waals surface area contributed by atoms with Crippen LogP contribution < -0.4 is 0 Å². The highest BCUT2D eigenvalue weighted by Crippen LogP contribution is 2.11. The van der Waals surface area contributed by atoms with E-state index in [2.05, 4.69) is 26.2 Å². The molecule has 0 aliphatic rings. The number of hydrogen-bond acceptors (Lipinski definition) is 2. The Morgan fingerprint density at radius 2 is 2.30 bits per heavy atom. The van der Waals surface area contributed by atoms with Crippen LogP contribution in [0.25, 0.3) is 10.9 Å². The van der Waals surface area contributed by atoms with E-state index in [-0.39, 0.29) is 0 Å². The number of pyridine rings is 1. The van der Waals surface area contributed by atoms with E-state index < -0.39 is 0 Å². The van der Waals surface area contributed by atoms with Crippen molar-refractivity contribution in [3.63, 3.8) is 0 Å². The maximum absolute atomic E-state index is 3.99. The number of rotatable bonds is 0. The molecular weight excluding hydrogens is 194 g/mol. The third-order valence-corrected chi connectivity index (χ3v) is 1.89. The second-order valence-corrected chi connectivity index (χ2v) is 2.61. The summed E-state index contributed by atoms with van der Waals surface area (Å²) in [5, 5.41) is 5.08. The fourth-order valence-electron chi connectivity index (χ4n) is 0.835. The zero-order valence-corrected chi connectivity index (χ0v) is 6.62. The normalized spacial score (nSPS) is 10.5. The summed E-state index contributed by atoms with van der Waals surface area (Å²) in [6.07, 6.45) is 5.29. The Bertz CT molecular complexity index is 355. The maximum Gasteiger partial charge on any atom is 0.0996 e. The van der Waals surface area contributed by atoms with Crippen LogP contribution in [-0.2, 0) is 0 Å². The molecule has 0 aliphatic carbocycles. The quantitative estimate of drug-likeness (QED) is 0.643. The molecule has 50 valence electrons. The lowest BCUT2D eigenvalue weighted by molar-refractivity contribution is 1.06.